The van der Waals surface area contributed by atoms with E-state index in [2.05, 4.69) is 26.7 Å². The molecule has 0 unspecified atom stereocenters. The molecule has 0 saturated carbocycles. The highest BCUT2D eigenvalue weighted by Gasteiger charge is 2.16. The number of hydrogen-bond acceptors (Lipinski definition) is 6. The van der Waals surface area contributed by atoms with E-state index in [0.29, 0.717) is 11.6 Å². The summed E-state index contributed by atoms with van der Waals surface area (Å²) in [6.45, 7) is 1.73. The van der Waals surface area contributed by atoms with Gasteiger partial charge in [-0.2, -0.15) is 0 Å². The molecule has 0 aliphatic carbocycles. The third-order valence-electron chi connectivity index (χ3n) is 4.32. The molecule has 136 valence electrons. The average molecular weight is 359 g/mol. The summed E-state index contributed by atoms with van der Waals surface area (Å²) in [6, 6.07) is 17.4. The fourth-order valence-electron chi connectivity index (χ4n) is 3.01. The van der Waals surface area contributed by atoms with E-state index in [1.54, 1.807) is 0 Å². The Morgan fingerprint density at radius 3 is 2.48 bits per heavy atom. The Bertz CT molecular complexity index is 939. The van der Waals surface area contributed by atoms with Gasteiger partial charge in [0.25, 0.3) is 0 Å². The summed E-state index contributed by atoms with van der Waals surface area (Å²) < 4.78 is 5.83. The van der Waals surface area contributed by atoms with E-state index in [1.165, 1.54) is 6.33 Å². The molecule has 0 spiro atoms. The first kappa shape index (κ1) is 17.1. The number of nitrogens with one attached hydrogen (secondary N) is 2. The first-order valence-electron chi connectivity index (χ1n) is 8.90. The quantitative estimate of drug-likeness (QED) is 0.639. The molecule has 0 atom stereocenters. The highest BCUT2D eigenvalue weighted by atomic mass is 16.5. The minimum Gasteiger partial charge on any atom is -0.457 e. The summed E-state index contributed by atoms with van der Waals surface area (Å²) >= 11 is 0. The SMILES string of the molecule is Nc1ncnc(Nc2ccc(Oc3ccccc3)cc2)c1C1=CCCNC1. The van der Waals surface area contributed by atoms with Gasteiger partial charge in [0.05, 0.1) is 5.56 Å². The van der Waals surface area contributed by atoms with Gasteiger partial charge in [-0.15, -0.1) is 0 Å². The van der Waals surface area contributed by atoms with Crippen LogP contribution >= 0.6 is 0 Å². The molecule has 27 heavy (non-hydrogen) atoms. The van der Waals surface area contributed by atoms with Gasteiger partial charge >= 0.3 is 0 Å². The molecular weight excluding hydrogens is 338 g/mol. The van der Waals surface area contributed by atoms with Crippen LogP contribution in [-0.4, -0.2) is 23.1 Å². The predicted molar refractivity (Wildman–Crippen MR) is 108 cm³/mol. The van der Waals surface area contributed by atoms with Crippen LogP contribution in [-0.2, 0) is 0 Å². The van der Waals surface area contributed by atoms with Crippen molar-refractivity contribution in [3.05, 3.63) is 72.6 Å². The van der Waals surface area contributed by atoms with Crippen LogP contribution in [0.4, 0.5) is 17.3 Å². The Balaban J connectivity index is 1.54. The largest absolute Gasteiger partial charge is 0.457 e. The smallest absolute Gasteiger partial charge is 0.143 e. The van der Waals surface area contributed by atoms with E-state index < -0.39 is 0 Å². The molecule has 1 aromatic heterocycles. The molecule has 0 fully saturated rings. The van der Waals surface area contributed by atoms with E-state index in [-0.39, 0.29) is 0 Å². The maximum Gasteiger partial charge on any atom is 0.143 e. The maximum atomic E-state index is 6.14. The van der Waals surface area contributed by atoms with Crippen LogP contribution in [0.1, 0.15) is 12.0 Å². The fraction of sp³-hybridized carbons (Fsp3) is 0.143. The number of rotatable bonds is 5. The molecule has 0 amide bonds. The predicted octanol–water partition coefficient (Wildman–Crippen LogP) is 3.97. The molecule has 2 heterocycles. The van der Waals surface area contributed by atoms with Crippen molar-refractivity contribution >= 4 is 22.9 Å². The van der Waals surface area contributed by atoms with Crippen LogP contribution in [0.3, 0.4) is 0 Å². The van der Waals surface area contributed by atoms with E-state index >= 15 is 0 Å². The number of hydrogen-bond donors (Lipinski definition) is 3. The van der Waals surface area contributed by atoms with Crippen molar-refractivity contribution < 1.29 is 4.74 Å². The molecule has 1 aliphatic rings. The van der Waals surface area contributed by atoms with Gasteiger partial charge in [0, 0.05) is 12.2 Å². The molecule has 0 bridgehead atoms. The lowest BCUT2D eigenvalue weighted by atomic mass is 10.0. The van der Waals surface area contributed by atoms with Crippen molar-refractivity contribution in [2.24, 2.45) is 0 Å². The molecule has 6 nitrogen and oxygen atoms in total. The standard InChI is InChI=1S/C21H21N5O/c22-20-19(15-5-4-12-23-13-15)21(25-14-24-20)26-16-8-10-18(11-9-16)27-17-6-2-1-3-7-17/h1-3,5-11,14,23H,4,12-13H2,(H3,22,24,25,26). The van der Waals surface area contributed by atoms with Crippen molar-refractivity contribution in [2.45, 2.75) is 6.42 Å². The first-order chi connectivity index (χ1) is 13.3. The summed E-state index contributed by atoms with van der Waals surface area (Å²) in [5.74, 6) is 2.76. The molecule has 3 aromatic rings. The molecule has 4 N–H and O–H groups in total. The Kier molecular flexibility index (Phi) is 4.98. The fourth-order valence-corrected chi connectivity index (χ4v) is 3.01. The van der Waals surface area contributed by atoms with Crippen LogP contribution in [0.2, 0.25) is 0 Å². The highest BCUT2D eigenvalue weighted by molar-refractivity contribution is 5.83. The zero-order valence-corrected chi connectivity index (χ0v) is 14.9. The molecule has 0 saturated heterocycles. The molecule has 2 aromatic carbocycles. The first-order valence-corrected chi connectivity index (χ1v) is 8.90. The second-order valence-corrected chi connectivity index (χ2v) is 6.24. The summed E-state index contributed by atoms with van der Waals surface area (Å²) in [7, 11) is 0. The van der Waals surface area contributed by atoms with Crippen LogP contribution in [0, 0.1) is 0 Å². The van der Waals surface area contributed by atoms with Crippen molar-refractivity contribution in [1.29, 1.82) is 0 Å². The van der Waals surface area contributed by atoms with Crippen molar-refractivity contribution in [3.63, 3.8) is 0 Å². The maximum absolute atomic E-state index is 6.14. The Labute approximate surface area is 158 Å². The van der Waals surface area contributed by atoms with Crippen molar-refractivity contribution in [2.75, 3.05) is 24.1 Å². The third-order valence-corrected chi connectivity index (χ3v) is 4.32. The molecule has 1 aliphatic heterocycles. The summed E-state index contributed by atoms with van der Waals surface area (Å²) in [5.41, 5.74) is 9.01. The Morgan fingerprint density at radius 2 is 1.74 bits per heavy atom. The van der Waals surface area contributed by atoms with Crippen LogP contribution in [0.15, 0.2) is 67.0 Å². The lowest BCUT2D eigenvalue weighted by Gasteiger charge is -2.18. The minimum absolute atomic E-state index is 0.478. The van der Waals surface area contributed by atoms with Gasteiger partial charge in [-0.25, -0.2) is 9.97 Å². The zero-order chi connectivity index (χ0) is 18.5. The topological polar surface area (TPSA) is 85.1 Å². The highest BCUT2D eigenvalue weighted by Crippen LogP contribution is 2.30. The summed E-state index contributed by atoms with van der Waals surface area (Å²) in [5, 5.41) is 6.70. The number of ether oxygens (including phenoxy) is 1. The van der Waals surface area contributed by atoms with Gasteiger partial charge in [-0.1, -0.05) is 24.3 Å². The second kappa shape index (κ2) is 7.88. The molecular formula is C21H21N5O. The number of para-hydroxylation sites is 1. The molecule has 0 radical (unpaired) electrons. The number of nitrogen functional groups attached to an aromatic ring is 1. The minimum atomic E-state index is 0.478. The average Bonchev–Trinajstić information content (AvgIpc) is 2.71. The van der Waals surface area contributed by atoms with Crippen LogP contribution in [0.5, 0.6) is 11.5 Å². The zero-order valence-electron chi connectivity index (χ0n) is 14.9. The number of benzene rings is 2. The number of nitrogens with zero attached hydrogens (tertiary/aromatic N) is 2. The van der Waals surface area contributed by atoms with Gasteiger partial charge < -0.3 is 21.1 Å². The summed E-state index contributed by atoms with van der Waals surface area (Å²) in [4.78, 5) is 8.55. The second-order valence-electron chi connectivity index (χ2n) is 6.24. The number of anilines is 3. The van der Waals surface area contributed by atoms with Crippen LogP contribution < -0.4 is 21.1 Å². The van der Waals surface area contributed by atoms with E-state index in [9.17, 15) is 0 Å². The third kappa shape index (κ3) is 4.07. The Hall–Kier alpha value is -3.38. The van der Waals surface area contributed by atoms with Crippen molar-refractivity contribution in [1.82, 2.24) is 15.3 Å². The number of aromatic nitrogens is 2. The van der Waals surface area contributed by atoms with Crippen molar-refractivity contribution in [3.8, 4) is 11.5 Å². The van der Waals surface area contributed by atoms with Gasteiger partial charge in [0.15, 0.2) is 0 Å². The van der Waals surface area contributed by atoms with E-state index in [4.69, 9.17) is 10.5 Å². The lowest BCUT2D eigenvalue weighted by molar-refractivity contribution is 0.483. The van der Waals surface area contributed by atoms with Gasteiger partial charge in [-0.3, -0.25) is 0 Å². The molecule has 6 heteroatoms. The van der Waals surface area contributed by atoms with E-state index in [0.717, 1.165) is 47.8 Å². The monoisotopic (exact) mass is 359 g/mol. The molecule has 4 rings (SSSR count). The normalized spacial score (nSPS) is 13.7. The Morgan fingerprint density at radius 1 is 0.963 bits per heavy atom. The van der Waals surface area contributed by atoms with Gasteiger partial charge in [0.1, 0.15) is 29.5 Å². The summed E-state index contributed by atoms with van der Waals surface area (Å²) in [6.07, 6.45) is 4.63. The van der Waals surface area contributed by atoms with E-state index in [1.807, 2.05) is 54.6 Å². The van der Waals surface area contributed by atoms with Gasteiger partial charge in [0.2, 0.25) is 0 Å². The van der Waals surface area contributed by atoms with Crippen LogP contribution in [0.25, 0.3) is 5.57 Å². The van der Waals surface area contributed by atoms with Gasteiger partial charge in [-0.05, 0) is 54.9 Å². The lowest BCUT2D eigenvalue weighted by Crippen LogP contribution is -2.22. The number of nitrogens with two attached hydrogens (primary N) is 1.